The molecule has 1 amide bonds. The van der Waals surface area contributed by atoms with Crippen LogP contribution in [-0.4, -0.2) is 40.2 Å². The smallest absolute Gasteiger partial charge is 0.259 e. The van der Waals surface area contributed by atoms with Gasteiger partial charge in [0.05, 0.1) is 6.04 Å². The minimum absolute atomic E-state index is 0.0423. The van der Waals surface area contributed by atoms with Crippen LogP contribution in [0.4, 0.5) is 10.2 Å². The summed E-state index contributed by atoms with van der Waals surface area (Å²) in [5.74, 6) is 0.164. The number of nitrogens with zero attached hydrogens (tertiary/aromatic N) is 4. The van der Waals surface area contributed by atoms with Gasteiger partial charge in [0.2, 0.25) is 0 Å². The fourth-order valence-electron chi connectivity index (χ4n) is 4.44. The minimum atomic E-state index is -0.295. The Morgan fingerprint density at radius 2 is 1.97 bits per heavy atom. The van der Waals surface area contributed by atoms with E-state index in [2.05, 4.69) is 20.5 Å². The molecule has 1 aliphatic heterocycles. The summed E-state index contributed by atoms with van der Waals surface area (Å²) in [6.45, 7) is 5.39. The summed E-state index contributed by atoms with van der Waals surface area (Å²) in [5, 5.41) is 14.9. The van der Waals surface area contributed by atoms with Gasteiger partial charge in [0.25, 0.3) is 5.91 Å². The number of halogens is 1. The molecule has 1 atom stereocenters. The fraction of sp³-hybridized carbons (Fsp3) is 0.280. The van der Waals surface area contributed by atoms with Gasteiger partial charge < -0.3 is 5.32 Å². The molecule has 4 aromatic rings. The van der Waals surface area contributed by atoms with E-state index in [4.69, 9.17) is 0 Å². The summed E-state index contributed by atoms with van der Waals surface area (Å²) in [4.78, 5) is 20.3. The van der Waals surface area contributed by atoms with Crippen LogP contribution < -0.4 is 10.2 Å². The van der Waals surface area contributed by atoms with Crippen LogP contribution in [-0.2, 0) is 0 Å². The van der Waals surface area contributed by atoms with E-state index in [9.17, 15) is 9.18 Å². The zero-order chi connectivity index (χ0) is 22.9. The Morgan fingerprint density at radius 1 is 1.15 bits per heavy atom. The predicted octanol–water partition coefficient (Wildman–Crippen LogP) is 4.91. The molecular formula is C25H24FN5OS. The van der Waals surface area contributed by atoms with Gasteiger partial charge >= 0.3 is 0 Å². The van der Waals surface area contributed by atoms with E-state index in [-0.39, 0.29) is 17.8 Å². The third kappa shape index (κ3) is 4.24. The van der Waals surface area contributed by atoms with Crippen molar-refractivity contribution in [2.75, 3.05) is 18.0 Å². The molecule has 0 saturated carbocycles. The van der Waals surface area contributed by atoms with Gasteiger partial charge in [-0.3, -0.25) is 9.69 Å². The molecule has 0 aliphatic carbocycles. The van der Waals surface area contributed by atoms with Crippen molar-refractivity contribution in [1.82, 2.24) is 20.5 Å². The van der Waals surface area contributed by atoms with Gasteiger partial charge in [-0.05, 0) is 74.5 Å². The molecule has 0 spiro atoms. The summed E-state index contributed by atoms with van der Waals surface area (Å²) in [6, 6.07) is 12.2. The van der Waals surface area contributed by atoms with E-state index in [1.807, 2.05) is 38.1 Å². The lowest BCUT2D eigenvalue weighted by molar-refractivity contribution is 0.0972. The average Bonchev–Trinajstić information content (AvgIpc) is 3.26. The number of hydrogen-bond acceptors (Lipinski definition) is 6. The third-order valence-corrected chi connectivity index (χ3v) is 6.88. The summed E-state index contributed by atoms with van der Waals surface area (Å²) in [7, 11) is 0. The van der Waals surface area contributed by atoms with Crippen LogP contribution in [0.5, 0.6) is 0 Å². The number of anilines is 1. The van der Waals surface area contributed by atoms with Crippen molar-refractivity contribution in [2.45, 2.75) is 32.7 Å². The lowest BCUT2D eigenvalue weighted by atomic mass is 10.0. The number of amides is 1. The van der Waals surface area contributed by atoms with E-state index in [1.165, 1.54) is 23.5 Å². The van der Waals surface area contributed by atoms with Crippen LogP contribution in [0, 0.1) is 19.7 Å². The lowest BCUT2D eigenvalue weighted by Gasteiger charge is -2.35. The first kappa shape index (κ1) is 21.6. The van der Waals surface area contributed by atoms with E-state index >= 15 is 0 Å². The zero-order valence-electron chi connectivity index (χ0n) is 18.5. The highest BCUT2D eigenvalue weighted by Gasteiger charge is 2.30. The quantitative estimate of drug-likeness (QED) is 0.468. The number of aryl methyl sites for hydroxylation is 2. The average molecular weight is 462 g/mol. The van der Waals surface area contributed by atoms with Crippen molar-refractivity contribution in [3.63, 3.8) is 0 Å². The summed E-state index contributed by atoms with van der Waals surface area (Å²) >= 11 is 1.52. The minimum Gasteiger partial charge on any atom is -0.315 e. The SMILES string of the molecule is Cc1nnc(-c2ccc(C(=O)N(c3nccc4cc(F)cc(C)c34)C3CCCNC3)cc2)s1. The molecule has 2 aromatic carbocycles. The molecule has 5 rings (SSSR count). The third-order valence-electron chi connectivity index (χ3n) is 5.99. The molecule has 6 nitrogen and oxygen atoms in total. The van der Waals surface area contributed by atoms with Crippen molar-refractivity contribution < 1.29 is 9.18 Å². The zero-order valence-corrected chi connectivity index (χ0v) is 19.3. The summed E-state index contributed by atoms with van der Waals surface area (Å²) < 4.78 is 14.1. The first-order valence-corrected chi connectivity index (χ1v) is 11.8. The van der Waals surface area contributed by atoms with Gasteiger partial charge in [-0.1, -0.05) is 23.5 Å². The Morgan fingerprint density at radius 3 is 2.67 bits per heavy atom. The van der Waals surface area contributed by atoms with Crippen LogP contribution in [0.2, 0.25) is 0 Å². The number of piperidine rings is 1. The van der Waals surface area contributed by atoms with Gasteiger partial charge in [-0.2, -0.15) is 0 Å². The van der Waals surface area contributed by atoms with Crippen LogP contribution in [0.15, 0.2) is 48.7 Å². The normalized spacial score (nSPS) is 16.2. The molecule has 1 saturated heterocycles. The molecule has 0 radical (unpaired) electrons. The van der Waals surface area contributed by atoms with Crippen molar-refractivity contribution in [2.24, 2.45) is 0 Å². The molecule has 8 heteroatoms. The topological polar surface area (TPSA) is 71.0 Å². The molecular weight excluding hydrogens is 437 g/mol. The van der Waals surface area contributed by atoms with Crippen molar-refractivity contribution >= 4 is 33.8 Å². The van der Waals surface area contributed by atoms with Gasteiger partial charge in [-0.15, -0.1) is 10.2 Å². The standard InChI is InChI=1S/C25H24FN5OS/c1-15-12-20(26)13-19-9-11-28-23(22(15)19)31(21-4-3-10-27-14-21)25(32)18-7-5-17(6-8-18)24-30-29-16(2)33-24/h5-9,11-13,21,27H,3-4,10,14H2,1-2H3. The highest BCUT2D eigenvalue weighted by molar-refractivity contribution is 7.14. The Balaban J connectivity index is 1.58. The summed E-state index contributed by atoms with van der Waals surface area (Å²) in [6.07, 6.45) is 3.50. The van der Waals surface area contributed by atoms with Gasteiger partial charge in [0.1, 0.15) is 21.7 Å². The molecule has 1 aliphatic rings. The first-order chi connectivity index (χ1) is 16.0. The number of carbonyl (C=O) groups excluding carboxylic acids is 1. The molecule has 3 heterocycles. The maximum Gasteiger partial charge on any atom is 0.259 e. The molecule has 1 unspecified atom stereocenters. The number of pyridine rings is 1. The largest absolute Gasteiger partial charge is 0.315 e. The van der Waals surface area contributed by atoms with Crippen molar-refractivity contribution in [3.05, 3.63) is 70.6 Å². The van der Waals surface area contributed by atoms with Gasteiger partial charge in [-0.25, -0.2) is 9.37 Å². The molecule has 33 heavy (non-hydrogen) atoms. The molecule has 1 N–H and O–H groups in total. The van der Waals surface area contributed by atoms with E-state index in [1.54, 1.807) is 17.2 Å². The van der Waals surface area contributed by atoms with Crippen molar-refractivity contribution in [1.29, 1.82) is 0 Å². The molecule has 0 bridgehead atoms. The van der Waals surface area contributed by atoms with Gasteiger partial charge in [0.15, 0.2) is 0 Å². The second-order valence-corrected chi connectivity index (χ2v) is 9.52. The first-order valence-electron chi connectivity index (χ1n) is 11.0. The Bertz CT molecular complexity index is 1310. The maximum atomic E-state index is 14.1. The van der Waals surface area contributed by atoms with Crippen molar-refractivity contribution in [3.8, 4) is 10.6 Å². The van der Waals surface area contributed by atoms with Crippen LogP contribution in [0.3, 0.4) is 0 Å². The number of aromatic nitrogens is 3. The van der Waals surface area contributed by atoms with E-state index < -0.39 is 0 Å². The Hall–Kier alpha value is -3.23. The van der Waals surface area contributed by atoms with Crippen LogP contribution in [0.25, 0.3) is 21.3 Å². The highest BCUT2D eigenvalue weighted by atomic mass is 32.1. The fourth-order valence-corrected chi connectivity index (χ4v) is 5.13. The predicted molar refractivity (Wildman–Crippen MR) is 129 cm³/mol. The van der Waals surface area contributed by atoms with Crippen LogP contribution in [0.1, 0.15) is 33.8 Å². The number of fused-ring (bicyclic) bond motifs is 1. The second kappa shape index (κ2) is 8.96. The molecule has 1 fully saturated rings. The molecule has 168 valence electrons. The Kier molecular flexibility index (Phi) is 5.86. The monoisotopic (exact) mass is 461 g/mol. The number of benzene rings is 2. The van der Waals surface area contributed by atoms with E-state index in [0.29, 0.717) is 17.9 Å². The molecule has 2 aromatic heterocycles. The summed E-state index contributed by atoms with van der Waals surface area (Å²) in [5.41, 5.74) is 2.26. The number of hydrogen-bond donors (Lipinski definition) is 1. The van der Waals surface area contributed by atoms with Gasteiger partial charge in [0, 0.05) is 29.3 Å². The Labute approximate surface area is 195 Å². The second-order valence-electron chi connectivity index (χ2n) is 8.33. The maximum absolute atomic E-state index is 14.1. The number of nitrogens with one attached hydrogen (secondary N) is 1. The van der Waals surface area contributed by atoms with E-state index in [0.717, 1.165) is 51.3 Å². The number of carbonyl (C=O) groups is 1. The van der Waals surface area contributed by atoms with Crippen LogP contribution >= 0.6 is 11.3 Å². The number of rotatable bonds is 4. The lowest BCUT2D eigenvalue weighted by Crippen LogP contribution is -2.49. The highest BCUT2D eigenvalue weighted by Crippen LogP contribution is 2.32.